The molecule has 2 saturated heterocycles. The van der Waals surface area contributed by atoms with Crippen LogP contribution < -0.4 is 0 Å². The van der Waals surface area contributed by atoms with E-state index in [1.54, 1.807) is 0 Å². The molecule has 1 spiro atoms. The van der Waals surface area contributed by atoms with Crippen LogP contribution in [0.5, 0.6) is 0 Å². The highest BCUT2D eigenvalue weighted by Crippen LogP contribution is 2.34. The zero-order chi connectivity index (χ0) is 45.0. The quantitative estimate of drug-likeness (QED) is 0.0566. The molecular formula is C57H112O4S2. The fourth-order valence-electron chi connectivity index (χ4n) is 9.66. The van der Waals surface area contributed by atoms with Crippen LogP contribution in [0.1, 0.15) is 297 Å². The number of rotatable bonds is 48. The first-order valence-electron chi connectivity index (χ1n) is 28.8. The lowest BCUT2D eigenvalue weighted by Gasteiger charge is -2.44. The van der Waals surface area contributed by atoms with Gasteiger partial charge >= 0.3 is 0 Å². The summed E-state index contributed by atoms with van der Waals surface area (Å²) in [6.07, 6.45) is 59.5. The number of ether oxygens (including phenoxy) is 4. The highest BCUT2D eigenvalue weighted by molar-refractivity contribution is 8.00. The van der Waals surface area contributed by atoms with Crippen molar-refractivity contribution < 1.29 is 18.9 Å². The summed E-state index contributed by atoms with van der Waals surface area (Å²) in [6.45, 7) is 12.0. The van der Waals surface area contributed by atoms with Crippen molar-refractivity contribution in [1.29, 1.82) is 0 Å². The lowest BCUT2D eigenvalue weighted by Crippen LogP contribution is -2.52. The smallest absolute Gasteiger partial charge is 0.158 e. The number of unbranched alkanes of at least 4 members (excludes halogenated alkanes) is 38. The van der Waals surface area contributed by atoms with E-state index in [1.807, 2.05) is 0 Å². The Morgan fingerprint density at radius 1 is 0.317 bits per heavy atom. The third kappa shape index (κ3) is 37.2. The monoisotopic (exact) mass is 925 g/mol. The summed E-state index contributed by atoms with van der Waals surface area (Å²) in [5, 5.41) is 1.13. The fourth-order valence-corrected chi connectivity index (χ4v) is 11.8. The van der Waals surface area contributed by atoms with E-state index in [4.69, 9.17) is 18.9 Å². The van der Waals surface area contributed by atoms with E-state index >= 15 is 0 Å². The highest BCUT2D eigenvalue weighted by Gasteiger charge is 2.42. The number of hydrogen-bond acceptors (Lipinski definition) is 6. The van der Waals surface area contributed by atoms with Crippen LogP contribution in [0.2, 0.25) is 0 Å². The molecule has 0 saturated carbocycles. The molecule has 0 aliphatic carbocycles. The van der Waals surface area contributed by atoms with Gasteiger partial charge in [-0.25, -0.2) is 0 Å². The van der Waals surface area contributed by atoms with Crippen LogP contribution in [0.15, 0.2) is 0 Å². The van der Waals surface area contributed by atoms with E-state index in [2.05, 4.69) is 51.2 Å². The number of thioether (sulfide) groups is 2. The number of hydrogen-bond donors (Lipinski definition) is 0. The Labute approximate surface area is 404 Å². The van der Waals surface area contributed by atoms with Crippen molar-refractivity contribution in [2.75, 3.05) is 37.9 Å². The minimum Gasteiger partial charge on any atom is -0.352 e. The molecule has 0 aromatic carbocycles. The molecule has 0 radical (unpaired) electrons. The van der Waals surface area contributed by atoms with Gasteiger partial charge in [-0.15, -0.1) is 0 Å². The summed E-state index contributed by atoms with van der Waals surface area (Å²) in [4.78, 5) is 0. The molecule has 0 aromatic heterocycles. The van der Waals surface area contributed by atoms with E-state index in [0.29, 0.717) is 36.9 Å². The van der Waals surface area contributed by atoms with Gasteiger partial charge in [-0.3, -0.25) is 0 Å². The standard InChI is InChI=1S/C57H112O4S2/c1-5-7-9-11-13-15-17-19-21-23-25-27-29-31-33-35-37-39-41-43-45-62-53(3)47-55-58-49-57(50-59-55)51-60-56(61-52-57)48-54(4)63-46-44-42-40-38-36-34-32-30-28-26-24-22-20-18-16-14-12-10-8-6-2/h53-56H,5-52H2,1-4H3. The van der Waals surface area contributed by atoms with Crippen molar-refractivity contribution in [3.05, 3.63) is 0 Å². The van der Waals surface area contributed by atoms with Gasteiger partial charge < -0.3 is 18.9 Å². The van der Waals surface area contributed by atoms with Gasteiger partial charge in [0.25, 0.3) is 0 Å². The summed E-state index contributed by atoms with van der Waals surface area (Å²) in [5.41, 5.74) is -0.140. The Balaban J connectivity index is 1.29. The third-order valence-electron chi connectivity index (χ3n) is 14.2. The Hall–Kier alpha value is 0.540. The van der Waals surface area contributed by atoms with Crippen LogP contribution in [-0.4, -0.2) is 61.0 Å². The molecule has 2 aliphatic heterocycles. The predicted octanol–water partition coefficient (Wildman–Crippen LogP) is 19.4. The maximum atomic E-state index is 6.26. The van der Waals surface area contributed by atoms with Gasteiger partial charge in [-0.2, -0.15) is 23.5 Å². The second-order valence-electron chi connectivity index (χ2n) is 20.9. The molecular weight excluding hydrogens is 813 g/mol. The van der Waals surface area contributed by atoms with Gasteiger partial charge in [-0.1, -0.05) is 272 Å². The predicted molar refractivity (Wildman–Crippen MR) is 283 cm³/mol. The first-order chi connectivity index (χ1) is 31.1. The molecule has 0 amide bonds. The van der Waals surface area contributed by atoms with Gasteiger partial charge in [0, 0.05) is 23.3 Å². The van der Waals surface area contributed by atoms with Crippen LogP contribution in [-0.2, 0) is 18.9 Å². The summed E-state index contributed by atoms with van der Waals surface area (Å²) in [6, 6.07) is 0. The first-order valence-corrected chi connectivity index (χ1v) is 30.9. The lowest BCUT2D eigenvalue weighted by atomic mass is 9.90. The lowest BCUT2D eigenvalue weighted by molar-refractivity contribution is -0.303. The van der Waals surface area contributed by atoms with Crippen LogP contribution in [0, 0.1) is 5.41 Å². The van der Waals surface area contributed by atoms with Crippen LogP contribution in [0.25, 0.3) is 0 Å². The van der Waals surface area contributed by atoms with Crippen molar-refractivity contribution in [1.82, 2.24) is 0 Å². The normalized spacial score (nSPS) is 20.2. The van der Waals surface area contributed by atoms with Crippen LogP contribution in [0.4, 0.5) is 0 Å². The molecule has 2 aliphatic rings. The first kappa shape index (κ1) is 59.7. The van der Waals surface area contributed by atoms with E-state index in [1.165, 1.54) is 268 Å². The minimum atomic E-state index is -0.140. The topological polar surface area (TPSA) is 36.9 Å². The van der Waals surface area contributed by atoms with E-state index < -0.39 is 0 Å². The van der Waals surface area contributed by atoms with E-state index in [-0.39, 0.29) is 18.0 Å². The summed E-state index contributed by atoms with van der Waals surface area (Å²) >= 11 is 4.20. The van der Waals surface area contributed by atoms with E-state index in [0.717, 1.165) is 12.8 Å². The molecule has 0 aromatic rings. The van der Waals surface area contributed by atoms with Crippen LogP contribution >= 0.6 is 23.5 Å². The summed E-state index contributed by atoms with van der Waals surface area (Å²) < 4.78 is 25.0. The molecule has 63 heavy (non-hydrogen) atoms. The van der Waals surface area contributed by atoms with Crippen molar-refractivity contribution >= 4 is 23.5 Å². The van der Waals surface area contributed by atoms with Gasteiger partial charge in [0.05, 0.1) is 31.8 Å². The highest BCUT2D eigenvalue weighted by atomic mass is 32.2. The van der Waals surface area contributed by atoms with Gasteiger partial charge in [-0.05, 0) is 24.3 Å². The van der Waals surface area contributed by atoms with Crippen LogP contribution in [0.3, 0.4) is 0 Å². The molecule has 2 fully saturated rings. The zero-order valence-corrected chi connectivity index (χ0v) is 44.8. The molecule has 0 bridgehead atoms. The molecule has 376 valence electrons. The van der Waals surface area contributed by atoms with Gasteiger partial charge in [0.15, 0.2) is 12.6 Å². The molecule has 2 heterocycles. The largest absolute Gasteiger partial charge is 0.352 e. The van der Waals surface area contributed by atoms with Crippen molar-refractivity contribution in [3.8, 4) is 0 Å². The molecule has 2 unspecified atom stereocenters. The average Bonchev–Trinajstić information content (AvgIpc) is 3.29. The van der Waals surface area contributed by atoms with Gasteiger partial charge in [0.1, 0.15) is 0 Å². The Morgan fingerprint density at radius 2 is 0.508 bits per heavy atom. The molecule has 4 nitrogen and oxygen atoms in total. The SMILES string of the molecule is CCCCCCCCCCCCCCCCCCCCCCSC(C)CC1OCC2(CO1)COC(CC(C)SCCCCCCCCCCCCCCCCCCCCCC)OC2. The Morgan fingerprint density at radius 3 is 0.714 bits per heavy atom. The Bertz CT molecular complexity index is 829. The molecule has 6 heteroatoms. The van der Waals surface area contributed by atoms with Gasteiger partial charge in [0.2, 0.25) is 0 Å². The summed E-state index contributed by atoms with van der Waals surface area (Å²) in [5.74, 6) is 2.52. The van der Waals surface area contributed by atoms with Crippen molar-refractivity contribution in [3.63, 3.8) is 0 Å². The molecule has 2 atom stereocenters. The molecule has 2 rings (SSSR count). The van der Waals surface area contributed by atoms with E-state index in [9.17, 15) is 0 Å². The fraction of sp³-hybridized carbons (Fsp3) is 1.00. The molecule has 0 N–H and O–H groups in total. The zero-order valence-electron chi connectivity index (χ0n) is 43.2. The maximum absolute atomic E-state index is 6.26. The summed E-state index contributed by atoms with van der Waals surface area (Å²) in [7, 11) is 0. The maximum Gasteiger partial charge on any atom is 0.158 e. The Kier molecular flexibility index (Phi) is 42.6. The minimum absolute atomic E-state index is 0.0869. The second kappa shape index (κ2) is 45.0. The van der Waals surface area contributed by atoms with Crippen molar-refractivity contribution in [2.45, 2.75) is 320 Å². The van der Waals surface area contributed by atoms with Crippen molar-refractivity contribution in [2.24, 2.45) is 5.41 Å². The second-order valence-corrected chi connectivity index (χ2v) is 24.0. The third-order valence-corrected chi connectivity index (χ3v) is 16.7. The average molecular weight is 926 g/mol.